The lowest BCUT2D eigenvalue weighted by atomic mass is 9.99. The molecule has 1 fully saturated rings. The third-order valence-electron chi connectivity index (χ3n) is 3.77. The Balaban J connectivity index is 0.00000288. The van der Waals surface area contributed by atoms with E-state index in [9.17, 15) is 9.59 Å². The average molecular weight is 355 g/mol. The Morgan fingerprint density at radius 2 is 1.96 bits per heavy atom. The van der Waals surface area contributed by atoms with Crippen molar-refractivity contribution in [2.45, 2.75) is 39.3 Å². The number of halogens is 1. The molecule has 0 saturated carbocycles. The molecule has 1 aromatic rings. The first-order chi connectivity index (χ1) is 11.0. The van der Waals surface area contributed by atoms with Crippen LogP contribution in [0.25, 0.3) is 0 Å². The zero-order chi connectivity index (χ0) is 16.7. The van der Waals surface area contributed by atoms with Crippen molar-refractivity contribution in [3.05, 3.63) is 29.8 Å². The summed E-state index contributed by atoms with van der Waals surface area (Å²) >= 11 is 0. The van der Waals surface area contributed by atoms with Gasteiger partial charge in [0.25, 0.3) is 0 Å². The second kappa shape index (κ2) is 10.2. The highest BCUT2D eigenvalue weighted by Gasteiger charge is 2.20. The highest BCUT2D eigenvalue weighted by atomic mass is 35.5. The normalized spacial score (nSPS) is 16.9. The van der Waals surface area contributed by atoms with Crippen LogP contribution in [0.5, 0.6) is 0 Å². The number of hydrogen-bond acceptors (Lipinski definition) is 3. The summed E-state index contributed by atoms with van der Waals surface area (Å²) in [4.78, 5) is 23.7. The zero-order valence-corrected chi connectivity index (χ0v) is 15.0. The van der Waals surface area contributed by atoms with Crippen molar-refractivity contribution in [2.24, 2.45) is 5.92 Å². The van der Waals surface area contributed by atoms with Gasteiger partial charge in [-0.2, -0.15) is 0 Å². The summed E-state index contributed by atoms with van der Waals surface area (Å²) in [7, 11) is 0. The fourth-order valence-electron chi connectivity index (χ4n) is 2.54. The van der Waals surface area contributed by atoms with Crippen molar-refractivity contribution < 1.29 is 9.59 Å². The Morgan fingerprint density at radius 1 is 1.25 bits per heavy atom. The van der Waals surface area contributed by atoms with Gasteiger partial charge in [0.1, 0.15) is 0 Å². The summed E-state index contributed by atoms with van der Waals surface area (Å²) in [6.07, 6.45) is 2.00. The molecule has 1 aromatic carbocycles. The van der Waals surface area contributed by atoms with Gasteiger partial charge in [0.2, 0.25) is 5.91 Å². The second-order valence-electron chi connectivity index (χ2n) is 6.21. The van der Waals surface area contributed by atoms with E-state index in [1.807, 2.05) is 38.1 Å². The molecule has 0 spiro atoms. The van der Waals surface area contributed by atoms with Crippen molar-refractivity contribution in [1.29, 1.82) is 0 Å². The van der Waals surface area contributed by atoms with Gasteiger partial charge < -0.3 is 21.3 Å². The molecule has 134 valence electrons. The summed E-state index contributed by atoms with van der Waals surface area (Å²) in [6.45, 7) is 6.09. The number of benzene rings is 1. The van der Waals surface area contributed by atoms with E-state index in [4.69, 9.17) is 0 Å². The van der Waals surface area contributed by atoms with Gasteiger partial charge in [-0.1, -0.05) is 12.1 Å². The molecule has 1 heterocycles. The molecule has 1 aliphatic rings. The van der Waals surface area contributed by atoms with Crippen LogP contribution >= 0.6 is 12.4 Å². The minimum atomic E-state index is -0.217. The van der Waals surface area contributed by atoms with E-state index < -0.39 is 0 Å². The maximum atomic E-state index is 12.1. The average Bonchev–Trinajstić information content (AvgIpc) is 2.54. The van der Waals surface area contributed by atoms with Crippen LogP contribution in [0.1, 0.15) is 32.3 Å². The molecular weight excluding hydrogens is 328 g/mol. The summed E-state index contributed by atoms with van der Waals surface area (Å²) < 4.78 is 0. The molecule has 0 radical (unpaired) electrons. The van der Waals surface area contributed by atoms with Gasteiger partial charge in [0, 0.05) is 24.8 Å². The molecule has 3 amide bonds. The molecule has 7 heteroatoms. The lowest BCUT2D eigenvalue weighted by Crippen LogP contribution is -2.40. The Bertz CT molecular complexity index is 528. The van der Waals surface area contributed by atoms with Gasteiger partial charge in [-0.3, -0.25) is 4.79 Å². The fraction of sp³-hybridized carbons (Fsp3) is 0.529. The van der Waals surface area contributed by atoms with Crippen molar-refractivity contribution in [3.63, 3.8) is 0 Å². The molecule has 1 aliphatic heterocycles. The maximum Gasteiger partial charge on any atom is 0.319 e. The monoisotopic (exact) mass is 354 g/mol. The largest absolute Gasteiger partial charge is 0.352 e. The fourth-order valence-corrected chi connectivity index (χ4v) is 2.54. The Labute approximate surface area is 149 Å². The topological polar surface area (TPSA) is 82.3 Å². The standard InChI is InChI=1S/C17H26N4O2.ClH/c1-12(2)20-17(23)21-15-7-5-13(6-8-15)10-19-16(22)14-4-3-9-18-11-14;/h5-8,12,14,18H,3-4,9-11H2,1-2H3,(H,19,22)(H2,20,21,23);1H. The van der Waals surface area contributed by atoms with Gasteiger partial charge in [0.15, 0.2) is 0 Å². The van der Waals surface area contributed by atoms with Crippen LogP contribution in [0.15, 0.2) is 24.3 Å². The molecule has 24 heavy (non-hydrogen) atoms. The highest BCUT2D eigenvalue weighted by Crippen LogP contribution is 2.12. The quantitative estimate of drug-likeness (QED) is 0.654. The predicted molar refractivity (Wildman–Crippen MR) is 98.4 cm³/mol. The minimum Gasteiger partial charge on any atom is -0.352 e. The molecule has 1 unspecified atom stereocenters. The smallest absolute Gasteiger partial charge is 0.319 e. The van der Waals surface area contributed by atoms with E-state index in [1.165, 1.54) is 0 Å². The molecular formula is C17H27ClN4O2. The van der Waals surface area contributed by atoms with E-state index in [1.54, 1.807) is 0 Å². The molecule has 2 rings (SSSR count). The first kappa shape index (κ1) is 20.3. The van der Waals surface area contributed by atoms with Crippen molar-refractivity contribution in [3.8, 4) is 0 Å². The van der Waals surface area contributed by atoms with Crippen molar-refractivity contribution >= 4 is 30.0 Å². The van der Waals surface area contributed by atoms with E-state index in [0.717, 1.165) is 37.2 Å². The number of carbonyl (C=O) groups excluding carboxylic acids is 2. The number of amides is 3. The third-order valence-corrected chi connectivity index (χ3v) is 3.77. The Hall–Kier alpha value is -1.79. The summed E-state index contributed by atoms with van der Waals surface area (Å²) in [6, 6.07) is 7.37. The van der Waals surface area contributed by atoms with E-state index in [-0.39, 0.29) is 36.3 Å². The number of piperidine rings is 1. The Morgan fingerprint density at radius 3 is 2.54 bits per heavy atom. The summed E-state index contributed by atoms with van der Waals surface area (Å²) in [5.74, 6) is 0.181. The van der Waals surface area contributed by atoms with Gasteiger partial charge in [-0.15, -0.1) is 12.4 Å². The molecule has 0 aromatic heterocycles. The van der Waals surface area contributed by atoms with Crippen LogP contribution in [0.3, 0.4) is 0 Å². The van der Waals surface area contributed by atoms with Crippen LogP contribution in [-0.4, -0.2) is 31.1 Å². The van der Waals surface area contributed by atoms with Crippen LogP contribution in [0.2, 0.25) is 0 Å². The summed E-state index contributed by atoms with van der Waals surface area (Å²) in [5.41, 5.74) is 1.74. The first-order valence-electron chi connectivity index (χ1n) is 8.19. The van der Waals surface area contributed by atoms with Crippen molar-refractivity contribution in [1.82, 2.24) is 16.0 Å². The van der Waals surface area contributed by atoms with Gasteiger partial charge in [0.05, 0.1) is 5.92 Å². The minimum absolute atomic E-state index is 0. The SMILES string of the molecule is CC(C)NC(=O)Nc1ccc(CNC(=O)C2CCCNC2)cc1.Cl. The van der Waals surface area contributed by atoms with Crippen molar-refractivity contribution in [2.75, 3.05) is 18.4 Å². The predicted octanol–water partition coefficient (Wildman–Crippen LogP) is 2.25. The number of urea groups is 1. The lowest BCUT2D eigenvalue weighted by Gasteiger charge is -2.21. The number of anilines is 1. The third kappa shape index (κ3) is 6.76. The van der Waals surface area contributed by atoms with E-state index >= 15 is 0 Å². The molecule has 0 bridgehead atoms. The second-order valence-corrected chi connectivity index (χ2v) is 6.21. The molecule has 4 N–H and O–H groups in total. The van der Waals surface area contributed by atoms with Crippen LogP contribution < -0.4 is 21.3 Å². The van der Waals surface area contributed by atoms with E-state index in [2.05, 4.69) is 21.3 Å². The van der Waals surface area contributed by atoms with Crippen LogP contribution in [0, 0.1) is 5.92 Å². The van der Waals surface area contributed by atoms with Gasteiger partial charge >= 0.3 is 6.03 Å². The number of rotatable bonds is 5. The Kier molecular flexibility index (Phi) is 8.57. The van der Waals surface area contributed by atoms with Crippen LogP contribution in [-0.2, 0) is 11.3 Å². The van der Waals surface area contributed by atoms with E-state index in [0.29, 0.717) is 6.54 Å². The number of carbonyl (C=O) groups is 2. The summed E-state index contributed by atoms with van der Waals surface area (Å²) in [5, 5.41) is 11.8. The molecule has 0 aliphatic carbocycles. The van der Waals surface area contributed by atoms with Gasteiger partial charge in [-0.05, 0) is 50.9 Å². The maximum absolute atomic E-state index is 12.1. The number of nitrogens with one attached hydrogen (secondary N) is 4. The molecule has 1 saturated heterocycles. The van der Waals surface area contributed by atoms with Crippen LogP contribution in [0.4, 0.5) is 10.5 Å². The van der Waals surface area contributed by atoms with Gasteiger partial charge in [-0.25, -0.2) is 4.79 Å². The lowest BCUT2D eigenvalue weighted by molar-refractivity contribution is -0.125. The first-order valence-corrected chi connectivity index (χ1v) is 8.19. The highest BCUT2D eigenvalue weighted by molar-refractivity contribution is 5.89. The zero-order valence-electron chi connectivity index (χ0n) is 14.2. The number of hydrogen-bond donors (Lipinski definition) is 4. The molecule has 6 nitrogen and oxygen atoms in total. The molecule has 1 atom stereocenters.